The highest BCUT2D eigenvalue weighted by atomic mass is 16.6. The molecule has 0 spiro atoms. The van der Waals surface area contributed by atoms with Crippen LogP contribution in [0.1, 0.15) is 40.0 Å². The molecule has 0 bridgehead atoms. The van der Waals surface area contributed by atoms with E-state index in [4.69, 9.17) is 9.47 Å². The standard InChI is InChI=1S/C14H22O4/c1-5-7-12(8-6-2)14(16)18-10-9-17-13(15)11(3)4/h7H,3,5-6,8-10H2,1-2,4H3. The lowest BCUT2D eigenvalue weighted by molar-refractivity contribution is -0.147. The summed E-state index contributed by atoms with van der Waals surface area (Å²) >= 11 is 0. The van der Waals surface area contributed by atoms with Gasteiger partial charge >= 0.3 is 11.9 Å². The van der Waals surface area contributed by atoms with Crippen molar-refractivity contribution in [3.8, 4) is 0 Å². The minimum Gasteiger partial charge on any atom is -0.459 e. The Kier molecular flexibility index (Phi) is 8.62. The Morgan fingerprint density at radius 1 is 1.11 bits per heavy atom. The number of esters is 2. The lowest BCUT2D eigenvalue weighted by Crippen LogP contribution is -2.15. The normalized spacial score (nSPS) is 10.9. The summed E-state index contributed by atoms with van der Waals surface area (Å²) in [5.74, 6) is -0.797. The third-order valence-electron chi connectivity index (χ3n) is 2.13. The molecule has 0 aliphatic carbocycles. The highest BCUT2D eigenvalue weighted by molar-refractivity contribution is 5.88. The van der Waals surface area contributed by atoms with Gasteiger partial charge in [-0.2, -0.15) is 0 Å². The van der Waals surface area contributed by atoms with Crippen LogP contribution in [0.3, 0.4) is 0 Å². The van der Waals surface area contributed by atoms with Crippen molar-refractivity contribution in [3.63, 3.8) is 0 Å². The third-order valence-corrected chi connectivity index (χ3v) is 2.13. The van der Waals surface area contributed by atoms with Crippen LogP contribution in [-0.4, -0.2) is 25.2 Å². The summed E-state index contributed by atoms with van der Waals surface area (Å²) in [6.45, 7) is 9.13. The molecular formula is C14H22O4. The van der Waals surface area contributed by atoms with Gasteiger partial charge in [0, 0.05) is 11.1 Å². The summed E-state index contributed by atoms with van der Waals surface area (Å²) in [6.07, 6.45) is 4.27. The van der Waals surface area contributed by atoms with E-state index in [0.717, 1.165) is 12.8 Å². The van der Waals surface area contributed by atoms with Crippen LogP contribution in [0.25, 0.3) is 0 Å². The van der Waals surface area contributed by atoms with Crippen LogP contribution in [0.15, 0.2) is 23.8 Å². The van der Waals surface area contributed by atoms with Crippen LogP contribution in [0.2, 0.25) is 0 Å². The maximum absolute atomic E-state index is 11.7. The van der Waals surface area contributed by atoms with Gasteiger partial charge < -0.3 is 9.47 Å². The molecular weight excluding hydrogens is 232 g/mol. The first-order valence-corrected chi connectivity index (χ1v) is 6.21. The number of hydrogen-bond acceptors (Lipinski definition) is 4. The Morgan fingerprint density at radius 2 is 1.67 bits per heavy atom. The second kappa shape index (κ2) is 9.45. The fraction of sp³-hybridized carbons (Fsp3) is 0.571. The average Bonchev–Trinajstić information content (AvgIpc) is 2.33. The van der Waals surface area contributed by atoms with Gasteiger partial charge in [-0.15, -0.1) is 0 Å². The summed E-state index contributed by atoms with van der Waals surface area (Å²) in [5.41, 5.74) is 1.02. The molecule has 0 rings (SSSR count). The van der Waals surface area contributed by atoms with Crippen molar-refractivity contribution >= 4 is 11.9 Å². The molecule has 102 valence electrons. The maximum atomic E-state index is 11.7. The van der Waals surface area contributed by atoms with Gasteiger partial charge in [-0.25, -0.2) is 9.59 Å². The molecule has 0 unspecified atom stereocenters. The Bertz CT molecular complexity index is 329. The van der Waals surface area contributed by atoms with Crippen LogP contribution in [0.5, 0.6) is 0 Å². The van der Waals surface area contributed by atoms with Gasteiger partial charge in [-0.05, 0) is 19.8 Å². The molecule has 0 aliphatic rings. The van der Waals surface area contributed by atoms with Crippen LogP contribution < -0.4 is 0 Å². The third kappa shape index (κ3) is 6.89. The fourth-order valence-electron chi connectivity index (χ4n) is 1.29. The molecule has 0 aromatic rings. The van der Waals surface area contributed by atoms with E-state index in [1.807, 2.05) is 19.9 Å². The highest BCUT2D eigenvalue weighted by Gasteiger charge is 2.10. The molecule has 0 fully saturated rings. The topological polar surface area (TPSA) is 52.6 Å². The van der Waals surface area contributed by atoms with E-state index >= 15 is 0 Å². The quantitative estimate of drug-likeness (QED) is 0.380. The molecule has 0 aliphatic heterocycles. The number of carbonyl (C=O) groups is 2. The molecule has 0 N–H and O–H groups in total. The van der Waals surface area contributed by atoms with E-state index in [0.29, 0.717) is 17.6 Å². The Labute approximate surface area is 109 Å². The Hall–Kier alpha value is -1.58. The van der Waals surface area contributed by atoms with E-state index in [9.17, 15) is 9.59 Å². The monoisotopic (exact) mass is 254 g/mol. The smallest absolute Gasteiger partial charge is 0.333 e. The average molecular weight is 254 g/mol. The zero-order chi connectivity index (χ0) is 14.0. The van der Waals surface area contributed by atoms with Gasteiger partial charge in [0.2, 0.25) is 0 Å². The molecule has 4 heteroatoms. The van der Waals surface area contributed by atoms with Crippen molar-refractivity contribution < 1.29 is 19.1 Å². The zero-order valence-corrected chi connectivity index (χ0v) is 11.5. The SMILES string of the molecule is C=C(C)C(=O)OCCOC(=O)C(=CCC)CCC. The lowest BCUT2D eigenvalue weighted by Gasteiger charge is -2.08. The fourth-order valence-corrected chi connectivity index (χ4v) is 1.29. The van der Waals surface area contributed by atoms with Gasteiger partial charge in [0.1, 0.15) is 13.2 Å². The summed E-state index contributed by atoms with van der Waals surface area (Å²) in [6, 6.07) is 0. The van der Waals surface area contributed by atoms with Crippen molar-refractivity contribution in [2.24, 2.45) is 0 Å². The van der Waals surface area contributed by atoms with Crippen LogP contribution in [0, 0.1) is 0 Å². The molecule has 0 saturated heterocycles. The van der Waals surface area contributed by atoms with Crippen molar-refractivity contribution in [2.45, 2.75) is 40.0 Å². The van der Waals surface area contributed by atoms with Crippen molar-refractivity contribution in [3.05, 3.63) is 23.8 Å². The van der Waals surface area contributed by atoms with E-state index in [-0.39, 0.29) is 19.2 Å². The molecule has 0 radical (unpaired) electrons. The molecule has 0 atom stereocenters. The van der Waals surface area contributed by atoms with Gasteiger partial charge in [-0.3, -0.25) is 0 Å². The Balaban J connectivity index is 3.98. The molecule has 0 aromatic heterocycles. The van der Waals surface area contributed by atoms with Crippen molar-refractivity contribution in [1.29, 1.82) is 0 Å². The van der Waals surface area contributed by atoms with Crippen LogP contribution in [-0.2, 0) is 19.1 Å². The summed E-state index contributed by atoms with van der Waals surface area (Å²) < 4.78 is 9.84. The van der Waals surface area contributed by atoms with Crippen LogP contribution in [0.4, 0.5) is 0 Å². The molecule has 0 saturated carbocycles. The molecule has 0 heterocycles. The molecule has 0 aromatic carbocycles. The first-order valence-electron chi connectivity index (χ1n) is 6.21. The van der Waals surface area contributed by atoms with Gasteiger partial charge in [0.25, 0.3) is 0 Å². The largest absolute Gasteiger partial charge is 0.459 e. The maximum Gasteiger partial charge on any atom is 0.333 e. The number of carbonyl (C=O) groups excluding carboxylic acids is 2. The summed E-state index contributed by atoms with van der Waals surface area (Å²) in [5, 5.41) is 0. The lowest BCUT2D eigenvalue weighted by atomic mass is 10.1. The number of rotatable bonds is 8. The number of hydrogen-bond donors (Lipinski definition) is 0. The van der Waals surface area contributed by atoms with E-state index in [1.165, 1.54) is 0 Å². The first-order chi connectivity index (χ1) is 8.52. The first kappa shape index (κ1) is 16.4. The molecule has 4 nitrogen and oxygen atoms in total. The van der Waals surface area contributed by atoms with Gasteiger partial charge in [-0.1, -0.05) is 32.9 Å². The molecule has 18 heavy (non-hydrogen) atoms. The zero-order valence-electron chi connectivity index (χ0n) is 11.5. The summed E-state index contributed by atoms with van der Waals surface area (Å²) in [4.78, 5) is 22.7. The van der Waals surface area contributed by atoms with E-state index in [2.05, 4.69) is 6.58 Å². The van der Waals surface area contributed by atoms with E-state index in [1.54, 1.807) is 6.92 Å². The number of ether oxygens (including phenoxy) is 2. The Morgan fingerprint density at radius 3 is 2.11 bits per heavy atom. The predicted molar refractivity (Wildman–Crippen MR) is 70.0 cm³/mol. The minimum atomic E-state index is -0.469. The second-order valence-corrected chi connectivity index (χ2v) is 3.94. The molecule has 0 amide bonds. The highest BCUT2D eigenvalue weighted by Crippen LogP contribution is 2.08. The number of allylic oxidation sites excluding steroid dienone is 1. The predicted octanol–water partition coefficient (Wildman–Crippen LogP) is 2.79. The van der Waals surface area contributed by atoms with Gasteiger partial charge in [0.05, 0.1) is 0 Å². The van der Waals surface area contributed by atoms with Gasteiger partial charge in [0.15, 0.2) is 0 Å². The van der Waals surface area contributed by atoms with Crippen molar-refractivity contribution in [2.75, 3.05) is 13.2 Å². The minimum absolute atomic E-state index is 0.0585. The van der Waals surface area contributed by atoms with E-state index < -0.39 is 5.97 Å². The van der Waals surface area contributed by atoms with Crippen molar-refractivity contribution in [1.82, 2.24) is 0 Å². The van der Waals surface area contributed by atoms with Crippen LogP contribution >= 0.6 is 0 Å². The second-order valence-electron chi connectivity index (χ2n) is 3.94. The summed E-state index contributed by atoms with van der Waals surface area (Å²) in [7, 11) is 0.